The van der Waals surface area contributed by atoms with Gasteiger partial charge in [0.05, 0.1) is 0 Å². The monoisotopic (exact) mass is 378 g/mol. The minimum absolute atomic E-state index is 0. The largest absolute Gasteiger partial charge is 1.00 e. The van der Waals surface area contributed by atoms with E-state index in [1.54, 1.807) is 11.1 Å². The van der Waals surface area contributed by atoms with Crippen LogP contribution in [-0.4, -0.2) is 11.8 Å². The first kappa shape index (κ1) is 18.2. The molecule has 4 heteroatoms. The molecule has 124 valence electrons. The average Bonchev–Trinajstić information content (AvgIpc) is 3.11. The van der Waals surface area contributed by atoms with Crippen LogP contribution in [0.2, 0.25) is 4.22 Å². The quantitative estimate of drug-likeness (QED) is 0.461. The van der Waals surface area contributed by atoms with E-state index in [-0.39, 0.29) is 36.5 Å². The Hall–Kier alpha value is -0.556. The van der Waals surface area contributed by atoms with Gasteiger partial charge >= 0.3 is 144 Å². The summed E-state index contributed by atoms with van der Waals surface area (Å²) in [7, 11) is 0.0910. The van der Waals surface area contributed by atoms with E-state index < -0.39 is 0 Å². The maximum atomic E-state index is 2.60. The van der Waals surface area contributed by atoms with Gasteiger partial charge in [-0.15, -0.1) is 0 Å². The third-order valence-corrected chi connectivity index (χ3v) is 13.2. The predicted octanol–water partition coefficient (Wildman–Crippen LogP) is -0.393. The number of halogens is 2. The molecule has 1 aromatic rings. The Labute approximate surface area is 152 Å². The Morgan fingerprint density at radius 3 is 2.75 bits per heavy atom. The van der Waals surface area contributed by atoms with Crippen molar-refractivity contribution in [3.05, 3.63) is 65.0 Å². The average molecular weight is 378 g/mol. The molecule has 2 fully saturated rings. The molecule has 0 nitrogen and oxygen atoms in total. The first-order chi connectivity index (χ1) is 10.9. The van der Waals surface area contributed by atoms with Crippen molar-refractivity contribution in [3.63, 3.8) is 0 Å². The minimum atomic E-state index is 0. The van der Waals surface area contributed by atoms with E-state index in [0.29, 0.717) is 0 Å². The molecule has 1 saturated carbocycles. The van der Waals surface area contributed by atoms with E-state index in [1.165, 1.54) is 12.6 Å². The van der Waals surface area contributed by atoms with E-state index in [2.05, 4.69) is 61.6 Å². The van der Waals surface area contributed by atoms with Crippen molar-refractivity contribution in [1.29, 1.82) is 0 Å². The Balaban J connectivity index is 0.000000845. The molecule has 1 heterocycles. The molecule has 1 aliphatic heterocycles. The van der Waals surface area contributed by atoms with Gasteiger partial charge in [0.2, 0.25) is 0 Å². The van der Waals surface area contributed by atoms with Crippen molar-refractivity contribution in [2.75, 3.05) is 6.16 Å². The smallest absolute Gasteiger partial charge is 1.00 e. The Morgan fingerprint density at radius 2 is 1.92 bits per heavy atom. The first-order valence-electron chi connectivity index (χ1n) is 8.55. The van der Waals surface area contributed by atoms with Crippen molar-refractivity contribution < 1.29 is 28.6 Å². The molecule has 0 amide bonds. The number of fused-ring (bicyclic) bond motifs is 6. The minimum Gasteiger partial charge on any atom is -1.00 e. The molecule has 1 aromatic carbocycles. The second-order valence-electron chi connectivity index (χ2n) is 6.92. The van der Waals surface area contributed by atoms with Gasteiger partial charge in [0.25, 0.3) is 0 Å². The molecule has 24 heavy (non-hydrogen) atoms. The van der Waals surface area contributed by atoms with Gasteiger partial charge < -0.3 is 9.41 Å². The predicted molar refractivity (Wildman–Crippen MR) is 92.0 cm³/mol. The van der Waals surface area contributed by atoms with Crippen LogP contribution >= 0.6 is 7.92 Å². The van der Waals surface area contributed by atoms with Crippen LogP contribution in [0.5, 0.6) is 0 Å². The van der Waals surface area contributed by atoms with Gasteiger partial charge in [0.15, 0.2) is 0 Å². The first-order valence-corrected chi connectivity index (χ1v) is 11.9. The second kappa shape index (κ2) is 6.98. The van der Waals surface area contributed by atoms with Crippen LogP contribution in [0.25, 0.3) is 6.08 Å². The second-order valence-corrected chi connectivity index (χ2v) is 12.1. The normalized spacial score (nSPS) is 36.6. The standard InChI is InChI=1S/C20H21P.2FH.Ti/c1-2-21(19-11-15-7-3-4-8-16(15)12-19)20-13-17-9-5-6-10-18(17)14-20;;;/h3-13,17-18,20H,2,14H2,1H3;2*1H;/q;;;+2/p-2. The van der Waals surface area contributed by atoms with Crippen molar-refractivity contribution in [2.24, 2.45) is 11.8 Å². The summed E-state index contributed by atoms with van der Waals surface area (Å²) in [6.07, 6.45) is 15.1. The summed E-state index contributed by atoms with van der Waals surface area (Å²) in [6.45, 7) is 2.45. The molecule has 4 aliphatic rings. The fraction of sp³-hybridized carbons (Fsp3) is 0.400. The molecule has 0 radical (unpaired) electrons. The van der Waals surface area contributed by atoms with E-state index >= 15 is 0 Å². The number of rotatable bonds is 1. The van der Waals surface area contributed by atoms with Crippen LogP contribution in [0.3, 0.4) is 0 Å². The van der Waals surface area contributed by atoms with Crippen LogP contribution in [0, 0.1) is 11.8 Å². The van der Waals surface area contributed by atoms with E-state index in [0.717, 1.165) is 25.9 Å². The molecular weight excluding hydrogens is 357 g/mol. The topological polar surface area (TPSA) is 0 Å². The van der Waals surface area contributed by atoms with Gasteiger partial charge in [-0.05, 0) is 0 Å². The third-order valence-electron chi connectivity index (χ3n) is 5.98. The van der Waals surface area contributed by atoms with Crippen LogP contribution in [0.4, 0.5) is 0 Å². The molecule has 6 atom stereocenters. The molecular formula is C20H21F2PTi. The molecule has 3 aliphatic carbocycles. The van der Waals surface area contributed by atoms with E-state index in [1.807, 2.05) is 5.31 Å². The summed E-state index contributed by atoms with van der Waals surface area (Å²) in [5.74, 6) is 1.73. The van der Waals surface area contributed by atoms with Crippen LogP contribution in [0.1, 0.15) is 28.7 Å². The molecule has 0 bridgehead atoms. The maximum absolute atomic E-state index is 2.60. The fourth-order valence-electron chi connectivity index (χ4n) is 5.05. The number of hydrogen-bond donors (Lipinski definition) is 0. The summed E-state index contributed by atoms with van der Waals surface area (Å²) in [6, 6.07) is 9.23. The van der Waals surface area contributed by atoms with E-state index in [9.17, 15) is 0 Å². The summed E-state index contributed by atoms with van der Waals surface area (Å²) in [5, 5.41) is 1.88. The van der Waals surface area contributed by atoms with Crippen molar-refractivity contribution in [1.82, 2.24) is 0 Å². The SMILES string of the molecule is CCP1C2=Cc3ccccc3[CH]2[Ti+2][CH]2C3C=CC=CC3CC21.[F-].[F-]. The van der Waals surface area contributed by atoms with Crippen molar-refractivity contribution >= 4 is 14.0 Å². The number of hydrogen-bond acceptors (Lipinski definition) is 0. The third kappa shape index (κ3) is 2.54. The van der Waals surface area contributed by atoms with Crippen LogP contribution in [0.15, 0.2) is 53.9 Å². The van der Waals surface area contributed by atoms with Crippen LogP contribution in [-0.2, 0) is 19.2 Å². The van der Waals surface area contributed by atoms with Crippen molar-refractivity contribution in [2.45, 2.75) is 27.4 Å². The van der Waals surface area contributed by atoms with Gasteiger partial charge in [-0.25, -0.2) is 0 Å². The summed E-state index contributed by atoms with van der Waals surface area (Å²) in [5.41, 5.74) is 4.25. The van der Waals surface area contributed by atoms with Crippen LogP contribution < -0.4 is 9.41 Å². The molecule has 0 aromatic heterocycles. The van der Waals surface area contributed by atoms with Gasteiger partial charge in [-0.1, -0.05) is 0 Å². The molecule has 6 unspecified atom stereocenters. The molecule has 0 spiro atoms. The maximum Gasteiger partial charge on any atom is -1.00 e. The van der Waals surface area contributed by atoms with Crippen molar-refractivity contribution in [3.8, 4) is 0 Å². The molecule has 1 saturated heterocycles. The summed E-state index contributed by atoms with van der Waals surface area (Å²) >= 11 is 0.0619. The number of benzene rings is 1. The Morgan fingerprint density at radius 1 is 1.12 bits per heavy atom. The zero-order chi connectivity index (χ0) is 14.7. The summed E-state index contributed by atoms with van der Waals surface area (Å²) in [4.78, 5) is 0. The Kier molecular flexibility index (Phi) is 5.31. The van der Waals surface area contributed by atoms with Gasteiger partial charge in [-0.3, -0.25) is 0 Å². The number of allylic oxidation sites excluding steroid dienone is 5. The van der Waals surface area contributed by atoms with Gasteiger partial charge in [0, 0.05) is 0 Å². The zero-order valence-electron chi connectivity index (χ0n) is 13.7. The summed E-state index contributed by atoms with van der Waals surface area (Å²) < 4.78 is 1.91. The molecule has 0 N–H and O–H groups in total. The van der Waals surface area contributed by atoms with Gasteiger partial charge in [0.1, 0.15) is 0 Å². The van der Waals surface area contributed by atoms with Gasteiger partial charge in [-0.2, -0.15) is 0 Å². The van der Waals surface area contributed by atoms with E-state index in [4.69, 9.17) is 0 Å². The molecule has 5 rings (SSSR count). The Bertz CT molecular complexity index is 711. The zero-order valence-corrected chi connectivity index (χ0v) is 16.2. The fourth-order valence-corrected chi connectivity index (χ4v) is 13.6.